The molecule has 1 aromatic carbocycles. The van der Waals surface area contributed by atoms with Gasteiger partial charge in [0.15, 0.2) is 0 Å². The first kappa shape index (κ1) is 15.1. The molecule has 0 N–H and O–H groups in total. The zero-order valence-electron chi connectivity index (χ0n) is 11.6. The van der Waals surface area contributed by atoms with Gasteiger partial charge in [-0.25, -0.2) is 9.97 Å². The highest BCUT2D eigenvalue weighted by Crippen LogP contribution is 2.21. The van der Waals surface area contributed by atoms with Gasteiger partial charge in [-0.05, 0) is 12.1 Å². The molecule has 0 bridgehead atoms. The molecule has 1 aromatic heterocycles. The molecule has 1 fully saturated rings. The Morgan fingerprint density at radius 1 is 1.23 bits per heavy atom. The second kappa shape index (κ2) is 6.50. The highest BCUT2D eigenvalue weighted by atomic mass is 35.5. The lowest BCUT2D eigenvalue weighted by molar-refractivity contribution is 0.0770. The number of aromatic nitrogens is 2. The molecule has 1 aliphatic rings. The van der Waals surface area contributed by atoms with Gasteiger partial charge in [-0.2, -0.15) is 0 Å². The van der Waals surface area contributed by atoms with Crippen molar-refractivity contribution >= 4 is 29.1 Å². The zero-order chi connectivity index (χ0) is 15.5. The van der Waals surface area contributed by atoms with E-state index in [-0.39, 0.29) is 18.0 Å². The SMILES string of the molecule is O=C(c1ccccc1Cl)N1CC[C@H](Oc2ncc(Cl)cn2)C1. The number of hydrogen-bond donors (Lipinski definition) is 0. The molecular formula is C15H13Cl2N3O2. The van der Waals surface area contributed by atoms with Gasteiger partial charge in [0, 0.05) is 13.0 Å². The summed E-state index contributed by atoms with van der Waals surface area (Å²) in [6.07, 6.45) is 3.55. The first-order valence-corrected chi connectivity index (χ1v) is 7.57. The van der Waals surface area contributed by atoms with Crippen molar-refractivity contribution in [1.29, 1.82) is 0 Å². The van der Waals surface area contributed by atoms with Gasteiger partial charge in [0.05, 0.1) is 34.5 Å². The summed E-state index contributed by atoms with van der Waals surface area (Å²) in [4.78, 5) is 22.2. The Labute approximate surface area is 137 Å². The van der Waals surface area contributed by atoms with Gasteiger partial charge < -0.3 is 9.64 Å². The molecule has 7 heteroatoms. The fraction of sp³-hybridized carbons (Fsp3) is 0.267. The molecule has 1 atom stereocenters. The van der Waals surface area contributed by atoms with Crippen molar-refractivity contribution in [3.63, 3.8) is 0 Å². The molecule has 22 heavy (non-hydrogen) atoms. The molecule has 114 valence electrons. The van der Waals surface area contributed by atoms with Crippen molar-refractivity contribution in [3.05, 3.63) is 52.3 Å². The number of hydrogen-bond acceptors (Lipinski definition) is 4. The highest BCUT2D eigenvalue weighted by Gasteiger charge is 2.29. The number of benzene rings is 1. The molecule has 0 spiro atoms. The van der Waals surface area contributed by atoms with Gasteiger partial charge in [0.25, 0.3) is 5.91 Å². The van der Waals surface area contributed by atoms with E-state index < -0.39 is 0 Å². The van der Waals surface area contributed by atoms with Crippen molar-refractivity contribution in [2.75, 3.05) is 13.1 Å². The molecule has 2 heterocycles. The topological polar surface area (TPSA) is 55.3 Å². The third kappa shape index (κ3) is 3.31. The van der Waals surface area contributed by atoms with Crippen molar-refractivity contribution < 1.29 is 9.53 Å². The summed E-state index contributed by atoms with van der Waals surface area (Å²) < 4.78 is 5.67. The van der Waals surface area contributed by atoms with Gasteiger partial charge in [0.1, 0.15) is 6.10 Å². The van der Waals surface area contributed by atoms with Crippen molar-refractivity contribution in [2.24, 2.45) is 0 Å². The number of halogens is 2. The summed E-state index contributed by atoms with van der Waals surface area (Å²) >= 11 is 11.8. The third-order valence-corrected chi connectivity index (χ3v) is 3.93. The maximum atomic E-state index is 12.4. The predicted octanol–water partition coefficient (Wildman–Crippen LogP) is 3.08. The van der Waals surface area contributed by atoms with Crippen LogP contribution < -0.4 is 4.74 Å². The van der Waals surface area contributed by atoms with Gasteiger partial charge in [0.2, 0.25) is 0 Å². The van der Waals surface area contributed by atoms with E-state index in [4.69, 9.17) is 27.9 Å². The van der Waals surface area contributed by atoms with E-state index in [2.05, 4.69) is 9.97 Å². The van der Waals surface area contributed by atoms with Crippen molar-refractivity contribution in [2.45, 2.75) is 12.5 Å². The normalized spacial score (nSPS) is 17.5. The molecule has 0 aliphatic carbocycles. The smallest absolute Gasteiger partial charge is 0.316 e. The highest BCUT2D eigenvalue weighted by molar-refractivity contribution is 6.33. The van der Waals surface area contributed by atoms with E-state index in [0.29, 0.717) is 28.7 Å². The lowest BCUT2D eigenvalue weighted by Gasteiger charge is -2.17. The summed E-state index contributed by atoms with van der Waals surface area (Å²) in [5.74, 6) is -0.0891. The standard InChI is InChI=1S/C15H13Cl2N3O2/c16-10-7-18-15(19-8-10)22-11-5-6-20(9-11)14(21)12-3-1-2-4-13(12)17/h1-4,7-8,11H,5-6,9H2/t11-/m0/s1. The maximum absolute atomic E-state index is 12.4. The molecule has 1 saturated heterocycles. The van der Waals surface area contributed by atoms with Crippen LogP contribution in [0.5, 0.6) is 6.01 Å². The average molecular weight is 338 g/mol. The molecule has 0 unspecified atom stereocenters. The van der Waals surface area contributed by atoms with Crippen molar-refractivity contribution in [1.82, 2.24) is 14.9 Å². The molecule has 5 nitrogen and oxygen atoms in total. The van der Waals surface area contributed by atoms with Crippen LogP contribution in [0, 0.1) is 0 Å². The first-order valence-electron chi connectivity index (χ1n) is 6.81. The minimum absolute atomic E-state index is 0.0891. The number of likely N-dealkylation sites (tertiary alicyclic amines) is 1. The Morgan fingerprint density at radius 3 is 2.68 bits per heavy atom. The number of rotatable bonds is 3. The van der Waals surface area contributed by atoms with Crippen LogP contribution in [-0.4, -0.2) is 40.0 Å². The van der Waals surface area contributed by atoms with Gasteiger partial charge in [-0.3, -0.25) is 4.79 Å². The van der Waals surface area contributed by atoms with E-state index >= 15 is 0 Å². The van der Waals surface area contributed by atoms with Crippen LogP contribution in [0.15, 0.2) is 36.7 Å². The lowest BCUT2D eigenvalue weighted by Crippen LogP contribution is -2.31. The maximum Gasteiger partial charge on any atom is 0.316 e. The average Bonchev–Trinajstić information content (AvgIpc) is 2.98. The lowest BCUT2D eigenvalue weighted by atomic mass is 10.2. The number of carbonyl (C=O) groups excluding carboxylic acids is 1. The summed E-state index contributed by atoms with van der Waals surface area (Å²) in [6.45, 7) is 1.10. The number of amides is 1. The Bertz CT molecular complexity index is 679. The summed E-state index contributed by atoms with van der Waals surface area (Å²) in [6, 6.07) is 7.29. The molecule has 0 radical (unpaired) electrons. The number of ether oxygens (including phenoxy) is 1. The fourth-order valence-electron chi connectivity index (χ4n) is 2.32. The zero-order valence-corrected chi connectivity index (χ0v) is 13.1. The monoisotopic (exact) mass is 337 g/mol. The summed E-state index contributed by atoms with van der Waals surface area (Å²) in [7, 11) is 0. The quantitative estimate of drug-likeness (QED) is 0.863. The Balaban J connectivity index is 1.63. The minimum Gasteiger partial charge on any atom is -0.458 e. The van der Waals surface area contributed by atoms with Crippen LogP contribution in [0.25, 0.3) is 0 Å². The summed E-state index contributed by atoms with van der Waals surface area (Å²) in [5, 5.41) is 0.909. The third-order valence-electron chi connectivity index (χ3n) is 3.41. The van der Waals surface area contributed by atoms with Crippen LogP contribution in [0.1, 0.15) is 16.8 Å². The van der Waals surface area contributed by atoms with Gasteiger partial charge in [-0.15, -0.1) is 0 Å². The molecular weight excluding hydrogens is 325 g/mol. The number of carbonyl (C=O) groups is 1. The Hall–Kier alpha value is -1.85. The predicted molar refractivity (Wildman–Crippen MR) is 83.4 cm³/mol. The molecule has 3 rings (SSSR count). The van der Waals surface area contributed by atoms with Crippen molar-refractivity contribution in [3.8, 4) is 6.01 Å². The van der Waals surface area contributed by atoms with Crippen LogP contribution in [-0.2, 0) is 0 Å². The molecule has 1 amide bonds. The van der Waals surface area contributed by atoms with Crippen LogP contribution in [0.4, 0.5) is 0 Å². The Kier molecular flexibility index (Phi) is 4.45. The van der Waals surface area contributed by atoms with E-state index in [1.807, 2.05) is 0 Å². The van der Waals surface area contributed by atoms with E-state index in [9.17, 15) is 4.79 Å². The summed E-state index contributed by atoms with van der Waals surface area (Å²) in [5.41, 5.74) is 0.507. The Morgan fingerprint density at radius 2 is 1.95 bits per heavy atom. The number of nitrogens with zero attached hydrogens (tertiary/aromatic N) is 3. The van der Waals surface area contributed by atoms with Crippen LogP contribution in [0.3, 0.4) is 0 Å². The minimum atomic E-state index is -0.132. The van der Waals surface area contributed by atoms with E-state index in [1.54, 1.807) is 29.2 Å². The first-order chi connectivity index (χ1) is 10.6. The fourth-order valence-corrected chi connectivity index (χ4v) is 2.64. The largest absolute Gasteiger partial charge is 0.458 e. The van der Waals surface area contributed by atoms with E-state index in [0.717, 1.165) is 6.42 Å². The van der Waals surface area contributed by atoms with Crippen LogP contribution in [0.2, 0.25) is 10.0 Å². The van der Waals surface area contributed by atoms with Gasteiger partial charge >= 0.3 is 6.01 Å². The second-order valence-corrected chi connectivity index (χ2v) is 5.79. The van der Waals surface area contributed by atoms with E-state index in [1.165, 1.54) is 12.4 Å². The van der Waals surface area contributed by atoms with Gasteiger partial charge in [-0.1, -0.05) is 35.3 Å². The molecule has 0 saturated carbocycles. The molecule has 1 aliphatic heterocycles. The second-order valence-electron chi connectivity index (χ2n) is 4.94. The molecule has 2 aromatic rings. The van der Waals surface area contributed by atoms with Crippen LogP contribution >= 0.6 is 23.2 Å².